The van der Waals surface area contributed by atoms with Crippen molar-refractivity contribution in [2.75, 3.05) is 0 Å². The standard InChI is InChI=1S/C7H10N2O2.ClH/c1-2-6-5(3-7(10)11)4-8-9-6;/h4H,2-3H2,1H3,(H,8,9)(H,10,11);1H. The highest BCUT2D eigenvalue weighted by molar-refractivity contribution is 5.85. The summed E-state index contributed by atoms with van der Waals surface area (Å²) in [5, 5.41) is 15.0. The van der Waals surface area contributed by atoms with Gasteiger partial charge in [-0.3, -0.25) is 9.89 Å². The van der Waals surface area contributed by atoms with Crippen molar-refractivity contribution in [2.45, 2.75) is 19.8 Å². The molecule has 4 nitrogen and oxygen atoms in total. The van der Waals surface area contributed by atoms with Gasteiger partial charge in [0.05, 0.1) is 12.6 Å². The molecule has 0 bridgehead atoms. The lowest BCUT2D eigenvalue weighted by Crippen LogP contribution is -2.01. The Labute approximate surface area is 76.4 Å². The Kier molecular flexibility index (Phi) is 4.36. The minimum absolute atomic E-state index is 0. The number of nitrogens with one attached hydrogen (secondary N) is 1. The molecule has 68 valence electrons. The first-order valence-corrected chi connectivity index (χ1v) is 3.47. The molecule has 1 aromatic heterocycles. The molecule has 1 rings (SSSR count). The number of aryl methyl sites for hydroxylation is 1. The molecule has 0 aliphatic carbocycles. The molecule has 0 saturated heterocycles. The molecule has 1 heterocycles. The summed E-state index contributed by atoms with van der Waals surface area (Å²) in [4.78, 5) is 10.3. The highest BCUT2D eigenvalue weighted by Crippen LogP contribution is 2.05. The number of rotatable bonds is 3. The third kappa shape index (κ3) is 2.54. The summed E-state index contributed by atoms with van der Waals surface area (Å²) in [5.41, 5.74) is 1.69. The largest absolute Gasteiger partial charge is 0.481 e. The summed E-state index contributed by atoms with van der Waals surface area (Å²) in [7, 11) is 0. The Balaban J connectivity index is 0.00000121. The van der Waals surface area contributed by atoms with Crippen LogP contribution in [0.2, 0.25) is 0 Å². The number of carboxylic acid groups (broad SMARTS) is 1. The Morgan fingerprint density at radius 2 is 2.42 bits per heavy atom. The van der Waals surface area contributed by atoms with Crippen LogP contribution in [-0.2, 0) is 17.6 Å². The molecule has 0 aliphatic rings. The van der Waals surface area contributed by atoms with Crippen molar-refractivity contribution in [3.05, 3.63) is 17.5 Å². The molecule has 0 spiro atoms. The van der Waals surface area contributed by atoms with Gasteiger partial charge >= 0.3 is 5.97 Å². The molecule has 0 saturated carbocycles. The van der Waals surface area contributed by atoms with Crippen molar-refractivity contribution in [2.24, 2.45) is 0 Å². The Hall–Kier alpha value is -1.03. The fourth-order valence-corrected chi connectivity index (χ4v) is 0.959. The zero-order chi connectivity index (χ0) is 8.27. The second kappa shape index (κ2) is 4.77. The van der Waals surface area contributed by atoms with Crippen LogP contribution in [0.25, 0.3) is 0 Å². The summed E-state index contributed by atoms with van der Waals surface area (Å²) < 4.78 is 0. The van der Waals surface area contributed by atoms with Gasteiger partial charge < -0.3 is 5.11 Å². The maximum absolute atomic E-state index is 10.3. The van der Waals surface area contributed by atoms with Gasteiger partial charge in [0.25, 0.3) is 0 Å². The second-order valence-corrected chi connectivity index (χ2v) is 2.30. The van der Waals surface area contributed by atoms with Crippen LogP contribution < -0.4 is 0 Å². The Morgan fingerprint density at radius 1 is 1.75 bits per heavy atom. The molecule has 1 aromatic rings. The van der Waals surface area contributed by atoms with Crippen LogP contribution in [0.15, 0.2) is 6.20 Å². The number of H-pyrrole nitrogens is 1. The molecular weight excluding hydrogens is 180 g/mol. The van der Waals surface area contributed by atoms with Crippen LogP contribution in [0.5, 0.6) is 0 Å². The van der Waals surface area contributed by atoms with E-state index in [1.807, 2.05) is 6.92 Å². The third-order valence-corrected chi connectivity index (χ3v) is 1.50. The number of carboxylic acids is 1. The van der Waals surface area contributed by atoms with Gasteiger partial charge in [-0.25, -0.2) is 0 Å². The molecular formula is C7H11ClN2O2. The van der Waals surface area contributed by atoms with Gasteiger partial charge in [0.15, 0.2) is 0 Å². The lowest BCUT2D eigenvalue weighted by Gasteiger charge is -1.94. The number of aromatic amines is 1. The number of halogens is 1. The Bertz CT molecular complexity index is 260. The van der Waals surface area contributed by atoms with Crippen molar-refractivity contribution < 1.29 is 9.90 Å². The van der Waals surface area contributed by atoms with E-state index in [-0.39, 0.29) is 18.8 Å². The van der Waals surface area contributed by atoms with Crippen LogP contribution in [0, 0.1) is 0 Å². The van der Waals surface area contributed by atoms with Crippen LogP contribution >= 0.6 is 12.4 Å². The monoisotopic (exact) mass is 190 g/mol. The predicted octanol–water partition coefficient (Wildman–Crippen LogP) is 1.02. The summed E-state index contributed by atoms with van der Waals surface area (Å²) >= 11 is 0. The van der Waals surface area contributed by atoms with Gasteiger partial charge in [-0.15, -0.1) is 12.4 Å². The zero-order valence-electron chi connectivity index (χ0n) is 6.70. The summed E-state index contributed by atoms with van der Waals surface area (Å²) in [6, 6.07) is 0. The smallest absolute Gasteiger partial charge is 0.307 e. The van der Waals surface area contributed by atoms with Crippen LogP contribution in [0.1, 0.15) is 18.2 Å². The molecule has 2 N–H and O–H groups in total. The van der Waals surface area contributed by atoms with Crippen molar-refractivity contribution in [1.29, 1.82) is 0 Å². The molecule has 0 aliphatic heterocycles. The quantitative estimate of drug-likeness (QED) is 0.748. The number of aliphatic carboxylic acids is 1. The maximum atomic E-state index is 10.3. The van der Waals surface area contributed by atoms with Crippen molar-refractivity contribution in [1.82, 2.24) is 10.2 Å². The van der Waals surface area contributed by atoms with E-state index in [0.29, 0.717) is 0 Å². The van der Waals surface area contributed by atoms with Gasteiger partial charge in [-0.05, 0) is 6.42 Å². The topological polar surface area (TPSA) is 66.0 Å². The minimum atomic E-state index is -0.818. The fourth-order valence-electron chi connectivity index (χ4n) is 0.959. The van der Waals surface area contributed by atoms with E-state index in [2.05, 4.69) is 10.2 Å². The lowest BCUT2D eigenvalue weighted by atomic mass is 10.1. The molecule has 5 heteroatoms. The normalized spacial score (nSPS) is 9.08. The molecule has 0 fully saturated rings. The SMILES string of the molecule is CCc1[nH]ncc1CC(=O)O.Cl. The highest BCUT2D eigenvalue weighted by atomic mass is 35.5. The van der Waals surface area contributed by atoms with E-state index in [1.54, 1.807) is 6.20 Å². The highest BCUT2D eigenvalue weighted by Gasteiger charge is 2.06. The number of aromatic nitrogens is 2. The van der Waals surface area contributed by atoms with Gasteiger partial charge in [0.2, 0.25) is 0 Å². The van der Waals surface area contributed by atoms with E-state index in [4.69, 9.17) is 5.11 Å². The van der Waals surface area contributed by atoms with Crippen molar-refractivity contribution >= 4 is 18.4 Å². The van der Waals surface area contributed by atoms with E-state index >= 15 is 0 Å². The zero-order valence-corrected chi connectivity index (χ0v) is 7.52. The fraction of sp³-hybridized carbons (Fsp3) is 0.429. The molecule has 0 amide bonds. The van der Waals surface area contributed by atoms with E-state index in [0.717, 1.165) is 17.7 Å². The predicted molar refractivity (Wildman–Crippen MR) is 46.6 cm³/mol. The molecule has 0 unspecified atom stereocenters. The average molecular weight is 191 g/mol. The first kappa shape index (κ1) is 11.0. The van der Waals surface area contributed by atoms with Gasteiger partial charge in [-0.2, -0.15) is 5.10 Å². The van der Waals surface area contributed by atoms with Gasteiger partial charge in [0.1, 0.15) is 0 Å². The van der Waals surface area contributed by atoms with E-state index < -0.39 is 5.97 Å². The number of carbonyl (C=O) groups is 1. The van der Waals surface area contributed by atoms with Crippen LogP contribution in [0.4, 0.5) is 0 Å². The Morgan fingerprint density at radius 3 is 2.92 bits per heavy atom. The van der Waals surface area contributed by atoms with Gasteiger partial charge in [0, 0.05) is 11.3 Å². The molecule has 0 radical (unpaired) electrons. The summed E-state index contributed by atoms with van der Waals surface area (Å²) in [6.07, 6.45) is 2.41. The number of hydrogen-bond acceptors (Lipinski definition) is 2. The molecule has 12 heavy (non-hydrogen) atoms. The molecule has 0 atom stereocenters. The van der Waals surface area contributed by atoms with Crippen molar-refractivity contribution in [3.63, 3.8) is 0 Å². The summed E-state index contributed by atoms with van der Waals surface area (Å²) in [6.45, 7) is 1.96. The van der Waals surface area contributed by atoms with Crippen LogP contribution in [0.3, 0.4) is 0 Å². The lowest BCUT2D eigenvalue weighted by molar-refractivity contribution is -0.136. The van der Waals surface area contributed by atoms with Crippen molar-refractivity contribution in [3.8, 4) is 0 Å². The number of nitrogens with zero attached hydrogens (tertiary/aromatic N) is 1. The first-order chi connectivity index (χ1) is 5.24. The summed E-state index contributed by atoms with van der Waals surface area (Å²) in [5.74, 6) is -0.818. The second-order valence-electron chi connectivity index (χ2n) is 2.30. The minimum Gasteiger partial charge on any atom is -0.481 e. The number of hydrogen-bond donors (Lipinski definition) is 2. The third-order valence-electron chi connectivity index (χ3n) is 1.50. The van der Waals surface area contributed by atoms with Gasteiger partial charge in [-0.1, -0.05) is 6.92 Å². The average Bonchev–Trinajstić information content (AvgIpc) is 2.34. The first-order valence-electron chi connectivity index (χ1n) is 3.47. The van der Waals surface area contributed by atoms with E-state index in [9.17, 15) is 4.79 Å². The maximum Gasteiger partial charge on any atom is 0.307 e. The van der Waals surface area contributed by atoms with Crippen LogP contribution in [-0.4, -0.2) is 21.3 Å². The molecule has 0 aromatic carbocycles. The van der Waals surface area contributed by atoms with E-state index in [1.165, 1.54) is 0 Å².